The van der Waals surface area contributed by atoms with E-state index in [1.807, 2.05) is 36.4 Å². The van der Waals surface area contributed by atoms with Crippen molar-refractivity contribution in [2.75, 3.05) is 0 Å². The average Bonchev–Trinajstić information content (AvgIpc) is 3.84. The van der Waals surface area contributed by atoms with Gasteiger partial charge in [-0.3, -0.25) is 9.36 Å². The van der Waals surface area contributed by atoms with Gasteiger partial charge < -0.3 is 9.13 Å². The van der Waals surface area contributed by atoms with Gasteiger partial charge in [0.25, 0.3) is 5.56 Å². The molecule has 0 amide bonds. The summed E-state index contributed by atoms with van der Waals surface area (Å²) in [5.41, 5.74) is 13.5. The molecule has 286 valence electrons. The lowest BCUT2D eigenvalue weighted by atomic mass is 10.0. The Morgan fingerprint density at radius 2 is 0.689 bits per heavy atom. The van der Waals surface area contributed by atoms with Crippen molar-refractivity contribution in [3.63, 3.8) is 0 Å². The first kappa shape index (κ1) is 34.7. The fourth-order valence-corrected chi connectivity index (χ4v) is 9.20. The molecule has 0 saturated carbocycles. The molecule has 0 aliphatic carbocycles. The second kappa shape index (κ2) is 13.9. The molecule has 0 atom stereocenters. The van der Waals surface area contributed by atoms with Crippen molar-refractivity contribution < 1.29 is 0 Å². The van der Waals surface area contributed by atoms with Crippen molar-refractivity contribution in [2.24, 2.45) is 0 Å². The second-order valence-corrected chi connectivity index (χ2v) is 15.6. The normalized spacial score (nSPS) is 11.7. The van der Waals surface area contributed by atoms with Crippen molar-refractivity contribution in [1.29, 1.82) is 0 Å². The largest absolute Gasteiger partial charge is 0.309 e. The van der Waals surface area contributed by atoms with Gasteiger partial charge in [-0.1, -0.05) is 133 Å². The maximum atomic E-state index is 14.4. The summed E-state index contributed by atoms with van der Waals surface area (Å²) in [7, 11) is 0. The zero-order valence-electron chi connectivity index (χ0n) is 33.0. The molecule has 0 unspecified atom stereocenters. The fourth-order valence-electron chi connectivity index (χ4n) is 9.20. The molecule has 0 aliphatic rings. The number of para-hydroxylation sites is 5. The molecular formula is C56H36N4O. The van der Waals surface area contributed by atoms with E-state index in [-0.39, 0.29) is 5.56 Å². The van der Waals surface area contributed by atoms with Crippen LogP contribution in [0.15, 0.2) is 223 Å². The molecule has 61 heavy (non-hydrogen) atoms. The molecule has 0 radical (unpaired) electrons. The molecule has 0 N–H and O–H groups in total. The molecule has 9 aromatic carbocycles. The van der Waals surface area contributed by atoms with Crippen LogP contribution in [-0.2, 0) is 0 Å². The summed E-state index contributed by atoms with van der Waals surface area (Å²) in [6.07, 6.45) is 0. The van der Waals surface area contributed by atoms with Crippen molar-refractivity contribution in [3.05, 3.63) is 229 Å². The topological polar surface area (TPSA) is 44.8 Å². The summed E-state index contributed by atoms with van der Waals surface area (Å²) in [6, 6.07) is 75.9. The second-order valence-electron chi connectivity index (χ2n) is 15.6. The van der Waals surface area contributed by atoms with Crippen LogP contribution >= 0.6 is 0 Å². The van der Waals surface area contributed by atoms with Crippen LogP contribution in [0.4, 0.5) is 0 Å². The van der Waals surface area contributed by atoms with E-state index >= 15 is 0 Å². The van der Waals surface area contributed by atoms with Gasteiger partial charge in [-0.25, -0.2) is 4.98 Å². The smallest absolute Gasteiger partial charge is 0.266 e. The Morgan fingerprint density at radius 3 is 1.23 bits per heavy atom. The molecule has 3 heterocycles. The Balaban J connectivity index is 0.930. The van der Waals surface area contributed by atoms with Gasteiger partial charge in [0.2, 0.25) is 0 Å². The number of hydrogen-bond donors (Lipinski definition) is 0. The van der Waals surface area contributed by atoms with E-state index < -0.39 is 0 Å². The zero-order valence-corrected chi connectivity index (χ0v) is 33.0. The molecule has 0 saturated heterocycles. The van der Waals surface area contributed by atoms with E-state index in [0.717, 1.165) is 50.4 Å². The van der Waals surface area contributed by atoms with Gasteiger partial charge in [-0.2, -0.15) is 0 Å². The van der Waals surface area contributed by atoms with Crippen molar-refractivity contribution in [2.45, 2.75) is 0 Å². The van der Waals surface area contributed by atoms with Gasteiger partial charge >= 0.3 is 0 Å². The van der Waals surface area contributed by atoms with Gasteiger partial charge in [0.1, 0.15) is 5.82 Å². The summed E-state index contributed by atoms with van der Waals surface area (Å²) in [4.78, 5) is 19.5. The van der Waals surface area contributed by atoms with Crippen LogP contribution in [0.25, 0.3) is 105 Å². The standard InChI is InChI=1S/C56H36N4O/c61-56-47-19-7-10-20-50(47)57-55(39-25-23-37(24-26-39)40-29-33-53-48(35-40)45-17-8-11-21-51(45)58(53)42-13-3-1-4-14-42)60(56)44-31-27-38(28-32-44)41-30-34-54-49(36-41)46-18-9-12-22-52(46)59(54)43-15-5-2-6-16-43/h1-36H. The Morgan fingerprint density at radius 1 is 0.295 bits per heavy atom. The minimum Gasteiger partial charge on any atom is -0.309 e. The molecule has 5 heteroatoms. The number of hydrogen-bond acceptors (Lipinski definition) is 2. The van der Waals surface area contributed by atoms with Crippen molar-refractivity contribution in [1.82, 2.24) is 18.7 Å². The van der Waals surface area contributed by atoms with E-state index in [1.165, 1.54) is 38.1 Å². The van der Waals surface area contributed by atoms with Crippen LogP contribution < -0.4 is 5.56 Å². The Labute approximate surface area is 351 Å². The molecule has 12 rings (SSSR count). The summed E-state index contributed by atoms with van der Waals surface area (Å²) in [6.45, 7) is 0. The van der Waals surface area contributed by atoms with Gasteiger partial charge in [0.15, 0.2) is 0 Å². The first-order valence-corrected chi connectivity index (χ1v) is 20.6. The molecule has 0 aliphatic heterocycles. The third-order valence-electron chi connectivity index (χ3n) is 12.1. The van der Waals surface area contributed by atoms with E-state index in [4.69, 9.17) is 4.98 Å². The summed E-state index contributed by atoms with van der Waals surface area (Å²) >= 11 is 0. The third kappa shape index (κ3) is 5.63. The highest BCUT2D eigenvalue weighted by Crippen LogP contribution is 2.37. The molecule has 5 nitrogen and oxygen atoms in total. The highest BCUT2D eigenvalue weighted by Gasteiger charge is 2.18. The highest BCUT2D eigenvalue weighted by atomic mass is 16.1. The monoisotopic (exact) mass is 780 g/mol. The van der Waals surface area contributed by atoms with E-state index in [1.54, 1.807) is 4.57 Å². The van der Waals surface area contributed by atoms with Gasteiger partial charge in [0, 0.05) is 38.5 Å². The lowest BCUT2D eigenvalue weighted by molar-refractivity contribution is 0.976. The van der Waals surface area contributed by atoms with Gasteiger partial charge in [-0.15, -0.1) is 0 Å². The number of rotatable bonds is 6. The summed E-state index contributed by atoms with van der Waals surface area (Å²) in [5.74, 6) is 0.597. The maximum Gasteiger partial charge on any atom is 0.266 e. The van der Waals surface area contributed by atoms with Gasteiger partial charge in [-0.05, 0) is 107 Å². The number of fused-ring (bicyclic) bond motifs is 7. The first-order valence-electron chi connectivity index (χ1n) is 20.6. The van der Waals surface area contributed by atoms with Crippen LogP contribution in [0.2, 0.25) is 0 Å². The number of benzene rings is 9. The lowest BCUT2D eigenvalue weighted by Crippen LogP contribution is -2.21. The quantitative estimate of drug-likeness (QED) is 0.169. The SMILES string of the molecule is O=c1c2ccccc2nc(-c2ccc(-c3ccc4c(c3)c3ccccc3n4-c3ccccc3)cc2)n1-c1ccc(-c2ccc3c(c2)c2ccccc2n3-c2ccccc2)cc1. The van der Waals surface area contributed by atoms with Crippen LogP contribution in [0.5, 0.6) is 0 Å². The molecule has 0 spiro atoms. The fraction of sp³-hybridized carbons (Fsp3) is 0. The van der Waals surface area contributed by atoms with E-state index in [9.17, 15) is 4.79 Å². The zero-order chi connectivity index (χ0) is 40.4. The molecule has 3 aromatic heterocycles. The van der Waals surface area contributed by atoms with Crippen LogP contribution in [-0.4, -0.2) is 18.7 Å². The minimum atomic E-state index is -0.104. The summed E-state index contributed by atoms with van der Waals surface area (Å²) in [5, 5.41) is 5.40. The Bertz CT molecular complexity index is 3690. The summed E-state index contributed by atoms with van der Waals surface area (Å²) < 4.78 is 6.41. The predicted molar refractivity (Wildman–Crippen MR) is 252 cm³/mol. The maximum absolute atomic E-state index is 14.4. The number of aromatic nitrogens is 4. The van der Waals surface area contributed by atoms with Crippen LogP contribution in [0.1, 0.15) is 0 Å². The van der Waals surface area contributed by atoms with E-state index in [2.05, 4.69) is 191 Å². The van der Waals surface area contributed by atoms with Crippen molar-refractivity contribution >= 4 is 54.5 Å². The lowest BCUT2D eigenvalue weighted by Gasteiger charge is -2.15. The molecule has 0 bridgehead atoms. The van der Waals surface area contributed by atoms with Crippen LogP contribution in [0.3, 0.4) is 0 Å². The van der Waals surface area contributed by atoms with Crippen LogP contribution in [0, 0.1) is 0 Å². The predicted octanol–water partition coefficient (Wildman–Crippen LogP) is 13.6. The van der Waals surface area contributed by atoms with Gasteiger partial charge in [0.05, 0.1) is 38.7 Å². The number of nitrogens with zero attached hydrogens (tertiary/aromatic N) is 4. The Kier molecular flexibility index (Phi) is 7.93. The molecular weight excluding hydrogens is 745 g/mol. The average molecular weight is 781 g/mol. The van der Waals surface area contributed by atoms with Crippen molar-refractivity contribution in [3.8, 4) is 50.7 Å². The molecule has 12 aromatic rings. The Hall–Kier alpha value is -8.28. The highest BCUT2D eigenvalue weighted by molar-refractivity contribution is 6.11. The first-order chi connectivity index (χ1) is 30.2. The van der Waals surface area contributed by atoms with E-state index in [0.29, 0.717) is 16.7 Å². The third-order valence-corrected chi connectivity index (χ3v) is 12.1. The molecule has 0 fully saturated rings. The minimum absolute atomic E-state index is 0.104.